The summed E-state index contributed by atoms with van der Waals surface area (Å²) < 4.78 is 0. The van der Waals surface area contributed by atoms with Gasteiger partial charge < -0.3 is 0 Å². The van der Waals surface area contributed by atoms with E-state index in [4.69, 9.17) is 9.97 Å². The Bertz CT molecular complexity index is 3700. The van der Waals surface area contributed by atoms with E-state index in [0.29, 0.717) is 0 Å². The highest BCUT2D eigenvalue weighted by Gasteiger charge is 2.22. The lowest BCUT2D eigenvalue weighted by molar-refractivity contribution is 1.37. The highest BCUT2D eigenvalue weighted by atomic mass is 14.7. The largest absolute Gasteiger partial charge is 0.253 e. The van der Waals surface area contributed by atoms with Crippen LogP contribution < -0.4 is 0 Å². The van der Waals surface area contributed by atoms with E-state index in [0.717, 1.165) is 66.3 Å². The average molecular weight is 785 g/mol. The number of hydrogen-bond donors (Lipinski definition) is 0. The van der Waals surface area contributed by atoms with E-state index >= 15 is 0 Å². The Morgan fingerprint density at radius 3 is 1.08 bits per heavy atom. The Morgan fingerprint density at radius 2 is 0.613 bits per heavy atom. The molecule has 0 fully saturated rings. The minimum atomic E-state index is 0.890. The first-order valence-electron chi connectivity index (χ1n) is 21.3. The molecule has 286 valence electrons. The third kappa shape index (κ3) is 5.37. The molecule has 0 N–H and O–H groups in total. The summed E-state index contributed by atoms with van der Waals surface area (Å²) in [6.45, 7) is 0. The normalized spacial score (nSPS) is 11.9. The molecule has 0 aliphatic heterocycles. The second-order valence-corrected chi connectivity index (χ2v) is 16.5. The molecule has 0 spiro atoms. The fourth-order valence-electron chi connectivity index (χ4n) is 10.1. The molecule has 2 heteroatoms. The van der Waals surface area contributed by atoms with Crippen LogP contribution in [-0.2, 0) is 0 Å². The first-order chi connectivity index (χ1) is 30.7. The number of hydrogen-bond acceptors (Lipinski definition) is 2. The first-order valence-corrected chi connectivity index (χ1v) is 21.3. The van der Waals surface area contributed by atoms with Crippen molar-refractivity contribution in [2.24, 2.45) is 0 Å². The Balaban J connectivity index is 1.09. The molecule has 0 radical (unpaired) electrons. The standard InChI is InChI=1S/C60H36N2/c1-3-15-39(16-4-1)57-55-31-45(49-23-11-19-41-29-43-27-25-37-13-7-9-21-47(37)53(43)33-51(41)49)35-61-59(55)60-56(58(57)40-17-5-2-6-18-40)32-46(36-62-60)50-24-12-20-42-30-44-28-26-38-14-8-10-22-48(38)54(44)34-52(42)50/h1-36H. The lowest BCUT2D eigenvalue weighted by Crippen LogP contribution is -1.96. The van der Waals surface area contributed by atoms with Gasteiger partial charge in [0, 0.05) is 34.3 Å². The van der Waals surface area contributed by atoms with Crippen molar-refractivity contribution in [3.8, 4) is 44.5 Å². The fraction of sp³-hybridized carbons (Fsp3) is 0. The molecule has 2 aromatic heterocycles. The number of nitrogens with zero attached hydrogens (tertiary/aromatic N) is 2. The van der Waals surface area contributed by atoms with Gasteiger partial charge in [0.25, 0.3) is 0 Å². The van der Waals surface area contributed by atoms with E-state index in [2.05, 4.69) is 219 Å². The van der Waals surface area contributed by atoms with E-state index in [-0.39, 0.29) is 0 Å². The molecule has 0 aliphatic carbocycles. The zero-order valence-electron chi connectivity index (χ0n) is 33.7. The van der Waals surface area contributed by atoms with Crippen LogP contribution in [0, 0.1) is 0 Å². The molecule has 0 saturated carbocycles. The highest BCUT2D eigenvalue weighted by Crippen LogP contribution is 2.46. The summed E-state index contributed by atoms with van der Waals surface area (Å²) in [5.41, 5.74) is 10.8. The van der Waals surface area contributed by atoms with Crippen molar-refractivity contribution >= 4 is 86.4 Å². The van der Waals surface area contributed by atoms with Gasteiger partial charge in [-0.15, -0.1) is 0 Å². The molecule has 62 heavy (non-hydrogen) atoms. The van der Waals surface area contributed by atoms with Crippen LogP contribution in [0.15, 0.2) is 219 Å². The molecule has 0 bridgehead atoms. The van der Waals surface area contributed by atoms with Gasteiger partial charge in [-0.3, -0.25) is 9.97 Å². The van der Waals surface area contributed by atoms with E-state index < -0.39 is 0 Å². The number of aromatic nitrogens is 2. The minimum Gasteiger partial charge on any atom is -0.253 e. The molecular formula is C60H36N2. The van der Waals surface area contributed by atoms with Gasteiger partial charge in [0.1, 0.15) is 0 Å². The average Bonchev–Trinajstić information content (AvgIpc) is 3.34. The maximum Gasteiger partial charge on any atom is 0.0971 e. The van der Waals surface area contributed by atoms with Crippen molar-refractivity contribution in [1.82, 2.24) is 9.97 Å². The summed E-state index contributed by atoms with van der Waals surface area (Å²) in [5, 5.41) is 17.0. The van der Waals surface area contributed by atoms with E-state index in [1.807, 2.05) is 0 Å². The summed E-state index contributed by atoms with van der Waals surface area (Å²) in [6, 6.07) is 75.3. The van der Waals surface area contributed by atoms with Crippen LogP contribution in [0.4, 0.5) is 0 Å². The molecule has 0 unspecified atom stereocenters. The summed E-state index contributed by atoms with van der Waals surface area (Å²) in [5.74, 6) is 0. The second-order valence-electron chi connectivity index (χ2n) is 16.5. The molecule has 0 amide bonds. The van der Waals surface area contributed by atoms with Crippen molar-refractivity contribution in [3.63, 3.8) is 0 Å². The quantitative estimate of drug-likeness (QED) is 0.131. The third-order valence-corrected chi connectivity index (χ3v) is 13.0. The zero-order valence-corrected chi connectivity index (χ0v) is 33.7. The van der Waals surface area contributed by atoms with Crippen molar-refractivity contribution in [1.29, 1.82) is 0 Å². The Kier molecular flexibility index (Phi) is 7.64. The molecule has 2 nitrogen and oxygen atoms in total. The molecule has 13 aromatic rings. The predicted octanol–water partition coefficient (Wildman–Crippen LogP) is 16.4. The lowest BCUT2D eigenvalue weighted by atomic mass is 9.86. The van der Waals surface area contributed by atoms with E-state index in [1.165, 1.54) is 64.6 Å². The van der Waals surface area contributed by atoms with Crippen LogP contribution in [0.5, 0.6) is 0 Å². The molecular weight excluding hydrogens is 749 g/mol. The van der Waals surface area contributed by atoms with Crippen molar-refractivity contribution in [2.75, 3.05) is 0 Å². The number of fused-ring (bicyclic) bond motifs is 11. The molecule has 0 atom stereocenters. The van der Waals surface area contributed by atoms with Crippen LogP contribution in [0.1, 0.15) is 0 Å². The SMILES string of the molecule is c1ccc(-c2c(-c3ccccc3)c3cc(-c4cccc5cc6ccc7ccccc7c6cc45)cnc3c3ncc(-c4cccc5cc6ccc7ccccc7c6cc45)cc23)cc1. The van der Waals surface area contributed by atoms with Gasteiger partial charge in [0.2, 0.25) is 0 Å². The third-order valence-electron chi connectivity index (χ3n) is 13.0. The van der Waals surface area contributed by atoms with Crippen LogP contribution in [0.3, 0.4) is 0 Å². The van der Waals surface area contributed by atoms with Crippen molar-refractivity contribution < 1.29 is 0 Å². The number of rotatable bonds is 4. The Hall–Kier alpha value is -8.20. The van der Waals surface area contributed by atoms with Crippen LogP contribution >= 0.6 is 0 Å². The lowest BCUT2D eigenvalue weighted by Gasteiger charge is -2.19. The monoisotopic (exact) mass is 784 g/mol. The minimum absolute atomic E-state index is 0.890. The molecule has 11 aromatic carbocycles. The van der Waals surface area contributed by atoms with Gasteiger partial charge in [-0.2, -0.15) is 0 Å². The maximum absolute atomic E-state index is 5.38. The van der Waals surface area contributed by atoms with Gasteiger partial charge >= 0.3 is 0 Å². The van der Waals surface area contributed by atoms with Crippen LogP contribution in [0.2, 0.25) is 0 Å². The van der Waals surface area contributed by atoms with Gasteiger partial charge in [-0.25, -0.2) is 0 Å². The molecule has 13 rings (SSSR count). The van der Waals surface area contributed by atoms with Crippen LogP contribution in [-0.4, -0.2) is 9.97 Å². The zero-order chi connectivity index (χ0) is 40.7. The van der Waals surface area contributed by atoms with Crippen molar-refractivity contribution in [2.45, 2.75) is 0 Å². The predicted molar refractivity (Wildman–Crippen MR) is 264 cm³/mol. The van der Waals surface area contributed by atoms with Crippen LogP contribution in [0.25, 0.3) is 131 Å². The Morgan fingerprint density at radius 1 is 0.226 bits per heavy atom. The van der Waals surface area contributed by atoms with Gasteiger partial charge in [0.15, 0.2) is 0 Å². The number of benzene rings is 11. The molecule has 0 saturated heterocycles. The number of pyridine rings is 2. The topological polar surface area (TPSA) is 25.8 Å². The summed E-state index contributed by atoms with van der Waals surface area (Å²) in [7, 11) is 0. The van der Waals surface area contributed by atoms with E-state index in [9.17, 15) is 0 Å². The fourth-order valence-corrected chi connectivity index (χ4v) is 10.1. The first kappa shape index (κ1) is 34.6. The van der Waals surface area contributed by atoms with Crippen molar-refractivity contribution in [3.05, 3.63) is 219 Å². The second kappa shape index (κ2) is 13.7. The van der Waals surface area contributed by atoms with Gasteiger partial charge in [-0.1, -0.05) is 170 Å². The summed E-state index contributed by atoms with van der Waals surface area (Å²) >= 11 is 0. The van der Waals surface area contributed by atoms with Gasteiger partial charge in [-0.05, 0) is 134 Å². The molecule has 0 aliphatic rings. The summed E-state index contributed by atoms with van der Waals surface area (Å²) in [4.78, 5) is 10.8. The maximum atomic E-state index is 5.38. The summed E-state index contributed by atoms with van der Waals surface area (Å²) in [6.07, 6.45) is 4.10. The van der Waals surface area contributed by atoms with E-state index in [1.54, 1.807) is 0 Å². The smallest absolute Gasteiger partial charge is 0.0971 e. The van der Waals surface area contributed by atoms with Gasteiger partial charge in [0.05, 0.1) is 11.0 Å². The molecule has 2 heterocycles. The Labute approximate surface area is 358 Å². The highest BCUT2D eigenvalue weighted by molar-refractivity contribution is 6.22.